The lowest BCUT2D eigenvalue weighted by atomic mass is 10.4. The fourth-order valence-corrected chi connectivity index (χ4v) is 1.79. The van der Waals surface area contributed by atoms with Crippen molar-refractivity contribution >= 4 is 22.6 Å². The second-order valence-electron chi connectivity index (χ2n) is 3.74. The minimum atomic E-state index is 0.413. The van der Waals surface area contributed by atoms with Crippen molar-refractivity contribution in [3.8, 4) is 0 Å². The van der Waals surface area contributed by atoms with Gasteiger partial charge in [0.15, 0.2) is 0 Å². The summed E-state index contributed by atoms with van der Waals surface area (Å²) >= 11 is 2.25. The van der Waals surface area contributed by atoms with Crippen molar-refractivity contribution in [3.63, 3.8) is 0 Å². The van der Waals surface area contributed by atoms with Gasteiger partial charge in [0.05, 0.1) is 22.0 Å². The van der Waals surface area contributed by atoms with Crippen molar-refractivity contribution in [1.82, 2.24) is 19.6 Å². The molecule has 0 saturated heterocycles. The summed E-state index contributed by atoms with van der Waals surface area (Å²) in [7, 11) is 0. The van der Waals surface area contributed by atoms with Crippen molar-refractivity contribution in [1.29, 1.82) is 0 Å². The predicted molar refractivity (Wildman–Crippen MR) is 66.7 cm³/mol. The lowest BCUT2D eigenvalue weighted by molar-refractivity contribution is 0.521. The van der Waals surface area contributed by atoms with Gasteiger partial charge in [0.1, 0.15) is 0 Å². The molecule has 2 aromatic rings. The largest absolute Gasteiger partial charge is 0.270 e. The minimum absolute atomic E-state index is 0.413. The third-order valence-electron chi connectivity index (χ3n) is 2.12. The van der Waals surface area contributed by atoms with Crippen LogP contribution in [-0.4, -0.2) is 19.6 Å². The van der Waals surface area contributed by atoms with E-state index in [-0.39, 0.29) is 0 Å². The monoisotopic (exact) mass is 316 g/mol. The molecule has 0 bridgehead atoms. The summed E-state index contributed by atoms with van der Waals surface area (Å²) in [6.07, 6.45) is 5.86. The molecular weight excluding hydrogens is 303 g/mol. The molecular formula is C10H13IN4. The molecule has 0 aliphatic heterocycles. The Morgan fingerprint density at radius 2 is 2.27 bits per heavy atom. The first-order valence-corrected chi connectivity index (χ1v) is 5.95. The van der Waals surface area contributed by atoms with Crippen LogP contribution in [0.5, 0.6) is 0 Å². The molecule has 0 N–H and O–H groups in total. The predicted octanol–water partition coefficient (Wildman–Crippen LogP) is 2.31. The van der Waals surface area contributed by atoms with E-state index in [1.165, 1.54) is 0 Å². The first-order chi connectivity index (χ1) is 7.15. The molecule has 0 aliphatic carbocycles. The summed E-state index contributed by atoms with van der Waals surface area (Å²) in [6.45, 7) is 4.98. The Morgan fingerprint density at radius 3 is 2.80 bits per heavy atom. The smallest absolute Gasteiger partial charge is 0.0850 e. The molecule has 2 aromatic heterocycles. The van der Waals surface area contributed by atoms with Gasteiger partial charge in [0, 0.05) is 18.4 Å². The van der Waals surface area contributed by atoms with Gasteiger partial charge in [-0.05, 0) is 42.5 Å². The molecule has 0 saturated carbocycles. The number of rotatable bonds is 3. The lowest BCUT2D eigenvalue weighted by Gasteiger charge is -2.03. The van der Waals surface area contributed by atoms with Crippen molar-refractivity contribution in [2.24, 2.45) is 0 Å². The van der Waals surface area contributed by atoms with Crippen molar-refractivity contribution in [2.45, 2.75) is 26.4 Å². The van der Waals surface area contributed by atoms with Crippen LogP contribution in [0.2, 0.25) is 0 Å². The van der Waals surface area contributed by atoms with Crippen molar-refractivity contribution in [3.05, 3.63) is 33.9 Å². The fourth-order valence-electron chi connectivity index (χ4n) is 1.34. The Bertz CT molecular complexity index is 444. The topological polar surface area (TPSA) is 35.6 Å². The Labute approximate surface area is 102 Å². The van der Waals surface area contributed by atoms with Crippen LogP contribution in [0.4, 0.5) is 0 Å². The highest BCUT2D eigenvalue weighted by Gasteiger charge is 2.03. The second-order valence-corrected chi connectivity index (χ2v) is 4.98. The van der Waals surface area contributed by atoms with Crippen LogP contribution in [-0.2, 0) is 6.54 Å². The quantitative estimate of drug-likeness (QED) is 0.815. The number of nitrogens with zero attached hydrogens (tertiary/aromatic N) is 4. The maximum Gasteiger partial charge on any atom is 0.0850 e. The van der Waals surface area contributed by atoms with E-state index >= 15 is 0 Å². The normalized spacial score (nSPS) is 11.2. The molecule has 80 valence electrons. The SMILES string of the molecule is CC(C)n1ccc(Cn2cc(I)cn2)n1. The van der Waals surface area contributed by atoms with Crippen LogP contribution in [0.15, 0.2) is 24.7 Å². The highest BCUT2D eigenvalue weighted by Crippen LogP contribution is 2.07. The second kappa shape index (κ2) is 4.34. The summed E-state index contributed by atoms with van der Waals surface area (Å²) in [4.78, 5) is 0. The summed E-state index contributed by atoms with van der Waals surface area (Å²) in [5.74, 6) is 0. The molecule has 5 heteroatoms. The van der Waals surface area contributed by atoms with Crippen molar-refractivity contribution in [2.75, 3.05) is 0 Å². The zero-order valence-corrected chi connectivity index (χ0v) is 10.9. The van der Waals surface area contributed by atoms with Crippen LogP contribution >= 0.6 is 22.6 Å². The Balaban J connectivity index is 2.11. The van der Waals surface area contributed by atoms with E-state index < -0.39 is 0 Å². The summed E-state index contributed by atoms with van der Waals surface area (Å²) in [6, 6.07) is 2.45. The average Bonchev–Trinajstić information content (AvgIpc) is 2.76. The molecule has 2 rings (SSSR count). The standard InChI is InChI=1S/C10H13IN4/c1-8(2)15-4-3-10(13-15)7-14-6-9(11)5-12-14/h3-6,8H,7H2,1-2H3. The van der Waals surface area contributed by atoms with E-state index in [1.807, 2.05) is 34.0 Å². The van der Waals surface area contributed by atoms with E-state index in [2.05, 4.69) is 46.6 Å². The molecule has 0 spiro atoms. The third-order valence-corrected chi connectivity index (χ3v) is 2.68. The van der Waals surface area contributed by atoms with Gasteiger partial charge >= 0.3 is 0 Å². The average molecular weight is 316 g/mol. The molecule has 0 atom stereocenters. The van der Waals surface area contributed by atoms with Gasteiger partial charge in [-0.25, -0.2) is 0 Å². The molecule has 2 heterocycles. The van der Waals surface area contributed by atoms with E-state index in [4.69, 9.17) is 0 Å². The number of aromatic nitrogens is 4. The third kappa shape index (κ3) is 2.58. The molecule has 4 nitrogen and oxygen atoms in total. The maximum atomic E-state index is 4.47. The van der Waals surface area contributed by atoms with Crippen LogP contribution in [0, 0.1) is 3.57 Å². The molecule has 15 heavy (non-hydrogen) atoms. The van der Waals surface area contributed by atoms with E-state index in [0.717, 1.165) is 15.8 Å². The maximum absolute atomic E-state index is 4.47. The Hall–Kier alpha value is -0.850. The van der Waals surface area contributed by atoms with Gasteiger partial charge < -0.3 is 0 Å². The molecule has 0 aromatic carbocycles. The number of hydrogen-bond donors (Lipinski definition) is 0. The fraction of sp³-hybridized carbons (Fsp3) is 0.400. The van der Waals surface area contributed by atoms with Crippen LogP contribution in [0.3, 0.4) is 0 Å². The summed E-state index contributed by atoms with van der Waals surface area (Å²) in [5, 5.41) is 8.69. The number of hydrogen-bond acceptors (Lipinski definition) is 2. The molecule has 0 fully saturated rings. The van der Waals surface area contributed by atoms with Gasteiger partial charge in [-0.15, -0.1) is 0 Å². The Kier molecular flexibility index (Phi) is 3.08. The van der Waals surface area contributed by atoms with Crippen molar-refractivity contribution < 1.29 is 0 Å². The highest BCUT2D eigenvalue weighted by molar-refractivity contribution is 14.1. The van der Waals surface area contributed by atoms with Crippen LogP contribution < -0.4 is 0 Å². The van der Waals surface area contributed by atoms with Gasteiger partial charge in [-0.2, -0.15) is 10.2 Å². The lowest BCUT2D eigenvalue weighted by Crippen LogP contribution is -2.04. The Morgan fingerprint density at radius 1 is 1.47 bits per heavy atom. The van der Waals surface area contributed by atoms with E-state index in [0.29, 0.717) is 6.04 Å². The number of halogens is 1. The molecule has 0 unspecified atom stereocenters. The molecule has 0 amide bonds. The first kappa shape index (κ1) is 10.7. The van der Waals surface area contributed by atoms with Crippen LogP contribution in [0.1, 0.15) is 25.6 Å². The zero-order chi connectivity index (χ0) is 10.8. The molecule has 0 aliphatic rings. The summed E-state index contributed by atoms with van der Waals surface area (Å²) in [5.41, 5.74) is 1.04. The van der Waals surface area contributed by atoms with Crippen LogP contribution in [0.25, 0.3) is 0 Å². The minimum Gasteiger partial charge on any atom is -0.270 e. The first-order valence-electron chi connectivity index (χ1n) is 4.87. The van der Waals surface area contributed by atoms with Gasteiger partial charge in [-0.3, -0.25) is 9.36 Å². The molecule has 0 radical (unpaired) electrons. The van der Waals surface area contributed by atoms with Gasteiger partial charge in [0.2, 0.25) is 0 Å². The zero-order valence-electron chi connectivity index (χ0n) is 8.76. The van der Waals surface area contributed by atoms with Gasteiger partial charge in [0.25, 0.3) is 0 Å². The van der Waals surface area contributed by atoms with E-state index in [1.54, 1.807) is 0 Å². The highest BCUT2D eigenvalue weighted by atomic mass is 127. The van der Waals surface area contributed by atoms with Gasteiger partial charge in [-0.1, -0.05) is 0 Å². The summed E-state index contributed by atoms with van der Waals surface area (Å²) < 4.78 is 5.01. The van der Waals surface area contributed by atoms with E-state index in [9.17, 15) is 0 Å².